The van der Waals surface area contributed by atoms with Crippen LogP contribution in [0.4, 0.5) is 0 Å². The number of aromatic amines is 1. The molecule has 0 saturated heterocycles. The average Bonchev–Trinajstić information content (AvgIpc) is 3.33. The van der Waals surface area contributed by atoms with E-state index < -0.39 is 72.1 Å². The van der Waals surface area contributed by atoms with Gasteiger partial charge in [0.15, 0.2) is 0 Å². The van der Waals surface area contributed by atoms with Gasteiger partial charge in [-0.1, -0.05) is 38.5 Å². The molecule has 0 aliphatic heterocycles. The van der Waals surface area contributed by atoms with E-state index in [1.54, 1.807) is 26.1 Å². The number of hydrogen-bond donors (Lipinski definition) is 8. The molecule has 0 aliphatic rings. The van der Waals surface area contributed by atoms with Gasteiger partial charge in [0.1, 0.15) is 18.1 Å². The van der Waals surface area contributed by atoms with Crippen LogP contribution in [0.1, 0.15) is 51.5 Å². The summed E-state index contributed by atoms with van der Waals surface area (Å²) in [5, 5.41) is 35.6. The predicted molar refractivity (Wildman–Crippen MR) is 147 cm³/mol. The molecule has 0 saturated carbocycles. The summed E-state index contributed by atoms with van der Waals surface area (Å²) >= 11 is 0. The lowest BCUT2D eigenvalue weighted by Gasteiger charge is -2.28. The maximum atomic E-state index is 13.5. The van der Waals surface area contributed by atoms with Crippen molar-refractivity contribution in [1.82, 2.24) is 20.9 Å². The molecule has 14 heteroatoms. The average molecular weight is 576 g/mol. The molecule has 1 aromatic carbocycles. The zero-order chi connectivity index (χ0) is 30.7. The summed E-state index contributed by atoms with van der Waals surface area (Å²) in [6.07, 6.45) is 0.712. The molecule has 0 radical (unpaired) electrons. The van der Waals surface area contributed by atoms with E-state index >= 15 is 0 Å². The third-order valence-electron chi connectivity index (χ3n) is 6.79. The van der Waals surface area contributed by atoms with Crippen LogP contribution in [0.3, 0.4) is 0 Å². The van der Waals surface area contributed by atoms with Crippen LogP contribution < -0.4 is 21.7 Å². The fourth-order valence-electron chi connectivity index (χ4n) is 4.16. The van der Waals surface area contributed by atoms with Gasteiger partial charge >= 0.3 is 17.9 Å². The standard InChI is InChI=1S/C27H37N5O9/c1-3-14(2)23(32-24(37)17(28)8-10-21(33)34)26(39)31-20(12-15-13-29-18-7-5-4-6-16(15)18)25(38)30-19(27(40)41)9-11-22(35)36/h4-7,13-14,17,19-20,23,29H,3,8-12,28H2,1-2H3,(H,30,38)(H,31,39)(H,32,37)(H,33,34)(H,35,36)(H,40,41). The number of para-hydroxylation sites is 1. The number of nitrogens with two attached hydrogens (primary N) is 1. The topological polar surface area (TPSA) is 241 Å². The summed E-state index contributed by atoms with van der Waals surface area (Å²) in [7, 11) is 0. The second-order valence-electron chi connectivity index (χ2n) is 9.87. The van der Waals surface area contributed by atoms with Crippen LogP contribution in [0.15, 0.2) is 30.5 Å². The van der Waals surface area contributed by atoms with Crippen molar-refractivity contribution in [2.24, 2.45) is 11.7 Å². The smallest absolute Gasteiger partial charge is 0.326 e. The van der Waals surface area contributed by atoms with Crippen LogP contribution in [0, 0.1) is 5.92 Å². The molecule has 2 rings (SSSR count). The van der Waals surface area contributed by atoms with E-state index in [0.717, 1.165) is 10.9 Å². The Bertz CT molecular complexity index is 1260. The highest BCUT2D eigenvalue weighted by Gasteiger charge is 2.33. The van der Waals surface area contributed by atoms with Crippen molar-refractivity contribution >= 4 is 46.5 Å². The summed E-state index contributed by atoms with van der Waals surface area (Å²) in [5.41, 5.74) is 7.24. The molecule has 5 unspecified atom stereocenters. The van der Waals surface area contributed by atoms with Crippen LogP contribution in [-0.2, 0) is 35.2 Å². The molecule has 9 N–H and O–H groups in total. The first-order valence-corrected chi connectivity index (χ1v) is 13.2. The highest BCUT2D eigenvalue weighted by Crippen LogP contribution is 2.20. The molecule has 224 valence electrons. The minimum atomic E-state index is -1.52. The highest BCUT2D eigenvalue weighted by molar-refractivity contribution is 5.95. The number of carboxylic acid groups (broad SMARTS) is 3. The van der Waals surface area contributed by atoms with Crippen LogP contribution in [0.25, 0.3) is 10.9 Å². The van der Waals surface area contributed by atoms with Gasteiger partial charge in [0.05, 0.1) is 6.04 Å². The van der Waals surface area contributed by atoms with E-state index in [2.05, 4.69) is 20.9 Å². The number of carbonyl (C=O) groups is 6. The fourth-order valence-corrected chi connectivity index (χ4v) is 4.16. The van der Waals surface area contributed by atoms with Crippen molar-refractivity contribution in [3.05, 3.63) is 36.0 Å². The maximum Gasteiger partial charge on any atom is 0.326 e. The predicted octanol–water partition coefficient (Wildman–Crippen LogP) is 0.352. The van der Waals surface area contributed by atoms with Crippen LogP contribution in [-0.4, -0.2) is 80.1 Å². The van der Waals surface area contributed by atoms with Crippen LogP contribution in [0.5, 0.6) is 0 Å². The van der Waals surface area contributed by atoms with Gasteiger partial charge in [-0.3, -0.25) is 24.0 Å². The number of aliphatic carboxylic acids is 3. The van der Waals surface area contributed by atoms with Gasteiger partial charge in [-0.25, -0.2) is 4.79 Å². The molecule has 0 aliphatic carbocycles. The zero-order valence-corrected chi connectivity index (χ0v) is 22.9. The van der Waals surface area contributed by atoms with Gasteiger partial charge in [0, 0.05) is 36.4 Å². The van der Waals surface area contributed by atoms with Gasteiger partial charge in [-0.2, -0.15) is 0 Å². The van der Waals surface area contributed by atoms with E-state index in [1.807, 2.05) is 18.2 Å². The highest BCUT2D eigenvalue weighted by atomic mass is 16.4. The first kappa shape index (κ1) is 32.8. The minimum Gasteiger partial charge on any atom is -0.481 e. The second kappa shape index (κ2) is 15.4. The van der Waals surface area contributed by atoms with Crippen molar-refractivity contribution < 1.29 is 44.1 Å². The molecular formula is C27H37N5O9. The number of fused-ring (bicyclic) bond motifs is 1. The van der Waals surface area contributed by atoms with E-state index in [1.165, 1.54) is 0 Å². The maximum absolute atomic E-state index is 13.5. The number of carboxylic acids is 3. The largest absolute Gasteiger partial charge is 0.481 e. The number of H-pyrrole nitrogens is 1. The Balaban J connectivity index is 2.32. The van der Waals surface area contributed by atoms with Crippen molar-refractivity contribution in [3.8, 4) is 0 Å². The molecule has 41 heavy (non-hydrogen) atoms. The number of rotatable bonds is 17. The molecule has 1 aromatic heterocycles. The third-order valence-corrected chi connectivity index (χ3v) is 6.79. The molecule has 2 aromatic rings. The van der Waals surface area contributed by atoms with Crippen molar-refractivity contribution in [2.75, 3.05) is 0 Å². The van der Waals surface area contributed by atoms with Crippen molar-refractivity contribution in [3.63, 3.8) is 0 Å². The number of benzene rings is 1. The van der Waals surface area contributed by atoms with Gasteiger partial charge in [-0.05, 0) is 30.4 Å². The van der Waals surface area contributed by atoms with Gasteiger partial charge in [-0.15, -0.1) is 0 Å². The minimum absolute atomic E-state index is 0.0495. The van der Waals surface area contributed by atoms with Crippen LogP contribution in [0.2, 0.25) is 0 Å². The third kappa shape index (κ3) is 9.90. The Morgan fingerprint density at radius 2 is 1.46 bits per heavy atom. The molecule has 0 fully saturated rings. The molecule has 0 bridgehead atoms. The summed E-state index contributed by atoms with van der Waals surface area (Å²) in [6.45, 7) is 3.49. The summed E-state index contributed by atoms with van der Waals surface area (Å²) in [5.74, 6) is -6.52. The SMILES string of the molecule is CCC(C)C(NC(=O)C(N)CCC(=O)O)C(=O)NC(Cc1c[nH]c2ccccc12)C(=O)NC(CCC(=O)O)C(=O)O. The Kier molecular flexibility index (Phi) is 12.3. The molecule has 0 spiro atoms. The fraction of sp³-hybridized carbons (Fsp3) is 0.481. The Morgan fingerprint density at radius 1 is 0.854 bits per heavy atom. The summed E-state index contributed by atoms with van der Waals surface area (Å²) < 4.78 is 0. The Morgan fingerprint density at radius 3 is 2.07 bits per heavy atom. The zero-order valence-electron chi connectivity index (χ0n) is 22.9. The lowest BCUT2D eigenvalue weighted by molar-refractivity contribution is -0.143. The lowest BCUT2D eigenvalue weighted by Crippen LogP contribution is -2.59. The van der Waals surface area contributed by atoms with E-state index in [-0.39, 0.29) is 25.7 Å². The van der Waals surface area contributed by atoms with Gasteiger partial charge in [0.2, 0.25) is 17.7 Å². The van der Waals surface area contributed by atoms with Gasteiger partial charge in [0.25, 0.3) is 0 Å². The van der Waals surface area contributed by atoms with Gasteiger partial charge < -0.3 is 42.0 Å². The summed E-state index contributed by atoms with van der Waals surface area (Å²) in [6, 6.07) is 2.12. The monoisotopic (exact) mass is 575 g/mol. The molecular weight excluding hydrogens is 538 g/mol. The van der Waals surface area contributed by atoms with E-state index in [9.17, 15) is 33.9 Å². The lowest BCUT2D eigenvalue weighted by atomic mass is 9.96. The van der Waals surface area contributed by atoms with Crippen LogP contribution >= 0.6 is 0 Å². The molecule has 1 heterocycles. The Labute approximate surface area is 236 Å². The van der Waals surface area contributed by atoms with E-state index in [4.69, 9.17) is 15.9 Å². The summed E-state index contributed by atoms with van der Waals surface area (Å²) in [4.78, 5) is 76.0. The first-order chi connectivity index (χ1) is 19.3. The first-order valence-electron chi connectivity index (χ1n) is 13.2. The van der Waals surface area contributed by atoms with Crippen molar-refractivity contribution in [2.45, 2.75) is 76.5 Å². The molecule has 14 nitrogen and oxygen atoms in total. The van der Waals surface area contributed by atoms with Crippen molar-refractivity contribution in [1.29, 1.82) is 0 Å². The number of hydrogen-bond acceptors (Lipinski definition) is 7. The second-order valence-corrected chi connectivity index (χ2v) is 9.87. The van der Waals surface area contributed by atoms with E-state index in [0.29, 0.717) is 12.0 Å². The Hall–Kier alpha value is -4.46. The number of aromatic nitrogens is 1. The normalized spacial score (nSPS) is 14.7. The quantitative estimate of drug-likeness (QED) is 0.129. The molecule has 5 atom stereocenters. The number of amides is 3. The number of carbonyl (C=O) groups excluding carboxylic acids is 3. The molecule has 3 amide bonds. The number of nitrogens with one attached hydrogen (secondary N) is 4.